The zero-order chi connectivity index (χ0) is 22.8. The molecule has 0 aliphatic rings. The molecule has 0 bridgehead atoms. The van der Waals surface area contributed by atoms with Gasteiger partial charge in [0.05, 0.1) is 13.3 Å². The number of hydrogen-bond acceptors (Lipinski definition) is 4. The van der Waals surface area contributed by atoms with Crippen LogP contribution in [0.25, 0.3) is 0 Å². The number of aryl methyl sites for hydroxylation is 2. The first-order valence-electron chi connectivity index (χ1n) is 10.5. The van der Waals surface area contributed by atoms with Crippen molar-refractivity contribution in [2.24, 2.45) is 5.10 Å². The van der Waals surface area contributed by atoms with Gasteiger partial charge < -0.3 is 9.47 Å². The predicted octanol–water partition coefficient (Wildman–Crippen LogP) is 5.82. The first-order chi connectivity index (χ1) is 15.5. The normalized spacial score (nSPS) is 10.8. The Morgan fingerprint density at radius 1 is 1.03 bits per heavy atom. The summed E-state index contributed by atoms with van der Waals surface area (Å²) in [5.41, 5.74) is 6.98. The standard InChI is InChI=1S/C26H27BrN2O3/c1-19-16-25(31-2)15-10-22(19)4-3-5-26(30)29-28-17-20-8-13-24(14-9-20)32-18-21-6-11-23(27)12-7-21/h6-17H,3-5,18H2,1-2H3,(H,29,30)/b28-17-. The molecule has 0 heterocycles. The van der Waals surface area contributed by atoms with Gasteiger partial charge in [-0.1, -0.05) is 34.1 Å². The van der Waals surface area contributed by atoms with Crippen molar-refractivity contribution < 1.29 is 14.3 Å². The van der Waals surface area contributed by atoms with Gasteiger partial charge in [-0.25, -0.2) is 5.43 Å². The van der Waals surface area contributed by atoms with E-state index in [-0.39, 0.29) is 5.91 Å². The van der Waals surface area contributed by atoms with Crippen molar-refractivity contribution in [3.8, 4) is 11.5 Å². The van der Waals surface area contributed by atoms with Crippen LogP contribution in [0.2, 0.25) is 0 Å². The van der Waals surface area contributed by atoms with Crippen LogP contribution in [-0.4, -0.2) is 19.2 Å². The molecule has 32 heavy (non-hydrogen) atoms. The molecule has 0 atom stereocenters. The lowest BCUT2D eigenvalue weighted by molar-refractivity contribution is -0.121. The number of nitrogens with zero attached hydrogens (tertiary/aromatic N) is 1. The first kappa shape index (κ1) is 23.5. The van der Waals surface area contributed by atoms with Crippen molar-refractivity contribution in [2.45, 2.75) is 32.8 Å². The molecule has 166 valence electrons. The molecule has 1 amide bonds. The Hall–Kier alpha value is -3.12. The Bertz CT molecular complexity index is 1050. The molecule has 0 unspecified atom stereocenters. The zero-order valence-electron chi connectivity index (χ0n) is 18.3. The molecular formula is C26H27BrN2O3. The number of ether oxygens (including phenoxy) is 2. The smallest absolute Gasteiger partial charge is 0.240 e. The fourth-order valence-electron chi connectivity index (χ4n) is 3.15. The number of benzene rings is 3. The van der Waals surface area contributed by atoms with Crippen molar-refractivity contribution in [3.05, 3.63) is 93.5 Å². The molecular weight excluding hydrogens is 468 g/mol. The van der Waals surface area contributed by atoms with E-state index in [0.717, 1.165) is 39.9 Å². The number of hydrazone groups is 1. The van der Waals surface area contributed by atoms with E-state index in [1.165, 1.54) is 11.1 Å². The highest BCUT2D eigenvalue weighted by Crippen LogP contribution is 2.18. The van der Waals surface area contributed by atoms with E-state index < -0.39 is 0 Å². The van der Waals surface area contributed by atoms with Crippen LogP contribution in [-0.2, 0) is 17.8 Å². The summed E-state index contributed by atoms with van der Waals surface area (Å²) in [6.45, 7) is 2.56. The molecule has 0 saturated heterocycles. The van der Waals surface area contributed by atoms with Crippen LogP contribution in [0, 0.1) is 6.92 Å². The van der Waals surface area contributed by atoms with Gasteiger partial charge >= 0.3 is 0 Å². The molecule has 0 aliphatic carbocycles. The third-order valence-corrected chi connectivity index (χ3v) is 5.53. The molecule has 0 fully saturated rings. The second-order valence-corrected chi connectivity index (χ2v) is 8.34. The van der Waals surface area contributed by atoms with E-state index in [4.69, 9.17) is 9.47 Å². The number of carbonyl (C=O) groups is 1. The van der Waals surface area contributed by atoms with Gasteiger partial charge in [-0.05, 0) is 90.6 Å². The SMILES string of the molecule is COc1ccc(CCCC(=O)N/N=C\c2ccc(OCc3ccc(Br)cc3)cc2)c(C)c1. The van der Waals surface area contributed by atoms with E-state index >= 15 is 0 Å². The number of amides is 1. The Morgan fingerprint density at radius 2 is 1.75 bits per heavy atom. The highest BCUT2D eigenvalue weighted by Gasteiger charge is 2.04. The van der Waals surface area contributed by atoms with Crippen LogP contribution >= 0.6 is 15.9 Å². The molecule has 6 heteroatoms. The highest BCUT2D eigenvalue weighted by molar-refractivity contribution is 9.10. The summed E-state index contributed by atoms with van der Waals surface area (Å²) in [5, 5.41) is 4.05. The number of hydrogen-bond donors (Lipinski definition) is 1. The maximum atomic E-state index is 12.0. The second-order valence-electron chi connectivity index (χ2n) is 7.42. The van der Waals surface area contributed by atoms with Crippen LogP contribution in [0.15, 0.2) is 76.3 Å². The summed E-state index contributed by atoms with van der Waals surface area (Å²) in [6.07, 6.45) is 3.66. The van der Waals surface area contributed by atoms with E-state index in [1.807, 2.05) is 60.7 Å². The molecule has 3 rings (SSSR count). The molecule has 0 radical (unpaired) electrons. The largest absolute Gasteiger partial charge is 0.497 e. The van der Waals surface area contributed by atoms with Crippen molar-refractivity contribution in [1.82, 2.24) is 5.43 Å². The zero-order valence-corrected chi connectivity index (χ0v) is 19.9. The Labute approximate surface area is 197 Å². The van der Waals surface area contributed by atoms with E-state index in [9.17, 15) is 4.79 Å². The van der Waals surface area contributed by atoms with Crippen molar-refractivity contribution in [2.75, 3.05) is 7.11 Å². The molecule has 3 aromatic carbocycles. The van der Waals surface area contributed by atoms with Gasteiger partial charge in [0.2, 0.25) is 5.91 Å². The average molecular weight is 495 g/mol. The predicted molar refractivity (Wildman–Crippen MR) is 131 cm³/mol. The molecule has 0 spiro atoms. The van der Waals surface area contributed by atoms with Gasteiger partial charge in [0.25, 0.3) is 0 Å². The summed E-state index contributed by atoms with van der Waals surface area (Å²) in [6, 6.07) is 21.6. The Morgan fingerprint density at radius 3 is 2.44 bits per heavy atom. The number of rotatable bonds is 10. The van der Waals surface area contributed by atoms with Crippen LogP contribution in [0.3, 0.4) is 0 Å². The number of halogens is 1. The molecule has 0 aliphatic heterocycles. The second kappa shape index (κ2) is 12.1. The van der Waals surface area contributed by atoms with Crippen molar-refractivity contribution in [3.63, 3.8) is 0 Å². The number of carbonyl (C=O) groups excluding carboxylic acids is 1. The summed E-state index contributed by atoms with van der Waals surface area (Å²) in [4.78, 5) is 12.0. The average Bonchev–Trinajstić information content (AvgIpc) is 2.80. The minimum atomic E-state index is -0.0955. The van der Waals surface area contributed by atoms with Gasteiger partial charge in [0.1, 0.15) is 18.1 Å². The summed E-state index contributed by atoms with van der Waals surface area (Å²) in [5.74, 6) is 1.53. The van der Waals surface area contributed by atoms with Crippen LogP contribution in [0.1, 0.15) is 35.1 Å². The van der Waals surface area contributed by atoms with E-state index in [0.29, 0.717) is 13.0 Å². The lowest BCUT2D eigenvalue weighted by atomic mass is 10.0. The van der Waals surface area contributed by atoms with Crippen LogP contribution < -0.4 is 14.9 Å². The summed E-state index contributed by atoms with van der Waals surface area (Å²) >= 11 is 3.42. The summed E-state index contributed by atoms with van der Waals surface area (Å²) in [7, 11) is 1.66. The minimum absolute atomic E-state index is 0.0955. The minimum Gasteiger partial charge on any atom is -0.497 e. The maximum Gasteiger partial charge on any atom is 0.240 e. The van der Waals surface area contributed by atoms with Crippen molar-refractivity contribution >= 4 is 28.1 Å². The molecule has 3 aromatic rings. The quantitative estimate of drug-likeness (QED) is 0.285. The van der Waals surface area contributed by atoms with E-state index in [2.05, 4.69) is 39.4 Å². The third-order valence-electron chi connectivity index (χ3n) is 5.00. The molecule has 0 saturated carbocycles. The topological polar surface area (TPSA) is 59.9 Å². The lowest BCUT2D eigenvalue weighted by Gasteiger charge is -2.08. The Kier molecular flexibility index (Phi) is 8.87. The van der Waals surface area contributed by atoms with Gasteiger partial charge in [0.15, 0.2) is 0 Å². The van der Waals surface area contributed by atoms with Crippen LogP contribution in [0.4, 0.5) is 0 Å². The van der Waals surface area contributed by atoms with Gasteiger partial charge in [-0.2, -0.15) is 5.10 Å². The highest BCUT2D eigenvalue weighted by atomic mass is 79.9. The monoisotopic (exact) mass is 494 g/mol. The maximum absolute atomic E-state index is 12.0. The van der Waals surface area contributed by atoms with Gasteiger partial charge in [-0.3, -0.25) is 4.79 Å². The first-order valence-corrected chi connectivity index (χ1v) is 11.3. The van der Waals surface area contributed by atoms with E-state index in [1.54, 1.807) is 13.3 Å². The fourth-order valence-corrected chi connectivity index (χ4v) is 3.41. The number of methoxy groups -OCH3 is 1. The molecule has 1 N–H and O–H groups in total. The lowest BCUT2D eigenvalue weighted by Crippen LogP contribution is -2.17. The van der Waals surface area contributed by atoms with Crippen molar-refractivity contribution in [1.29, 1.82) is 0 Å². The fraction of sp³-hybridized carbons (Fsp3) is 0.231. The van der Waals surface area contributed by atoms with Gasteiger partial charge in [-0.15, -0.1) is 0 Å². The summed E-state index contributed by atoms with van der Waals surface area (Å²) < 4.78 is 12.1. The number of nitrogens with one attached hydrogen (secondary N) is 1. The third kappa shape index (κ3) is 7.54. The Balaban J connectivity index is 1.38. The molecule has 5 nitrogen and oxygen atoms in total. The van der Waals surface area contributed by atoms with Crippen LogP contribution in [0.5, 0.6) is 11.5 Å². The van der Waals surface area contributed by atoms with Gasteiger partial charge in [0, 0.05) is 10.9 Å². The molecule has 0 aromatic heterocycles.